The van der Waals surface area contributed by atoms with Crippen LogP contribution in [-0.4, -0.2) is 18.1 Å². The third kappa shape index (κ3) is 6.66. The van der Waals surface area contributed by atoms with E-state index in [1.54, 1.807) is 12.1 Å². The zero-order chi connectivity index (χ0) is 20.0. The highest BCUT2D eigenvalue weighted by Crippen LogP contribution is 2.28. The van der Waals surface area contributed by atoms with Crippen LogP contribution in [0.5, 0.6) is 5.75 Å². The minimum absolute atomic E-state index is 0.0939. The van der Waals surface area contributed by atoms with Crippen LogP contribution in [0.25, 0.3) is 0 Å². The molecule has 2 aromatic carbocycles. The van der Waals surface area contributed by atoms with Gasteiger partial charge in [-0.2, -0.15) is 0 Å². The van der Waals surface area contributed by atoms with Crippen molar-refractivity contribution in [1.29, 1.82) is 0 Å². The van der Waals surface area contributed by atoms with E-state index in [-0.39, 0.29) is 11.6 Å². The number of benzene rings is 2. The van der Waals surface area contributed by atoms with Crippen LogP contribution in [-0.2, 0) is 16.1 Å². The lowest BCUT2D eigenvalue weighted by Crippen LogP contribution is -2.47. The lowest BCUT2D eigenvalue weighted by molar-refractivity contribution is -0.128. The molecule has 0 saturated carbocycles. The maximum atomic E-state index is 12.0. The van der Waals surface area contributed by atoms with Crippen molar-refractivity contribution in [3.63, 3.8) is 0 Å². The molecular formula is C19H20Cl2N2O4. The summed E-state index contributed by atoms with van der Waals surface area (Å²) >= 11 is 11.8. The summed E-state index contributed by atoms with van der Waals surface area (Å²) in [4.78, 5) is 23.8. The second-order valence-corrected chi connectivity index (χ2v) is 6.86. The van der Waals surface area contributed by atoms with Gasteiger partial charge in [0.25, 0.3) is 5.91 Å². The number of nitrogens with one attached hydrogen (secondary N) is 2. The van der Waals surface area contributed by atoms with Gasteiger partial charge in [-0.05, 0) is 44.5 Å². The predicted octanol–water partition coefficient (Wildman–Crippen LogP) is 4.34. The lowest BCUT2D eigenvalue weighted by atomic mass is 10.1. The predicted molar refractivity (Wildman–Crippen MR) is 104 cm³/mol. The van der Waals surface area contributed by atoms with Crippen LogP contribution in [0.15, 0.2) is 36.4 Å². The Morgan fingerprint density at radius 3 is 2.33 bits per heavy atom. The molecule has 0 bridgehead atoms. The van der Waals surface area contributed by atoms with Gasteiger partial charge in [0.2, 0.25) is 0 Å². The van der Waals surface area contributed by atoms with Gasteiger partial charge < -0.3 is 9.47 Å². The Bertz CT molecular complexity index is 822. The van der Waals surface area contributed by atoms with Crippen molar-refractivity contribution in [2.75, 3.05) is 0 Å². The minimum atomic E-state index is -0.900. The molecule has 0 fully saturated rings. The van der Waals surface area contributed by atoms with Crippen molar-refractivity contribution in [2.45, 2.75) is 33.5 Å². The molecule has 0 unspecified atom stereocenters. The van der Waals surface area contributed by atoms with Crippen molar-refractivity contribution < 1.29 is 19.1 Å². The van der Waals surface area contributed by atoms with Crippen LogP contribution in [0.1, 0.15) is 23.6 Å². The molecule has 2 rings (SSSR count). The number of aryl methyl sites for hydroxylation is 2. The van der Waals surface area contributed by atoms with Gasteiger partial charge in [0.05, 0.1) is 5.02 Å². The summed E-state index contributed by atoms with van der Waals surface area (Å²) in [6.07, 6.45) is -1.68. The molecule has 0 heterocycles. The SMILES string of the molecule is Cc1cc(C)cc(COC(=O)NNC(=O)[C@@H](C)Oc2ccc(Cl)cc2Cl)c1. The van der Waals surface area contributed by atoms with Crippen LogP contribution in [0.4, 0.5) is 4.79 Å². The van der Waals surface area contributed by atoms with Crippen LogP contribution < -0.4 is 15.6 Å². The fourth-order valence-electron chi connectivity index (χ4n) is 2.37. The lowest BCUT2D eigenvalue weighted by Gasteiger charge is -2.16. The second kappa shape index (κ2) is 9.48. The molecule has 2 amide bonds. The van der Waals surface area contributed by atoms with Gasteiger partial charge in [0, 0.05) is 5.02 Å². The first-order chi connectivity index (χ1) is 12.7. The molecule has 1 atom stereocenters. The summed E-state index contributed by atoms with van der Waals surface area (Å²) in [7, 11) is 0. The number of carbonyl (C=O) groups excluding carboxylic acids is 2. The van der Waals surface area contributed by atoms with E-state index in [0.29, 0.717) is 10.8 Å². The normalized spacial score (nSPS) is 11.4. The molecule has 0 aliphatic rings. The van der Waals surface area contributed by atoms with Crippen molar-refractivity contribution in [3.05, 3.63) is 63.1 Å². The summed E-state index contributed by atoms with van der Waals surface area (Å²) in [6, 6.07) is 10.5. The Balaban J connectivity index is 1.79. The summed E-state index contributed by atoms with van der Waals surface area (Å²) in [5.41, 5.74) is 7.43. The Kier molecular flexibility index (Phi) is 7.33. The average Bonchev–Trinajstić information content (AvgIpc) is 2.59. The van der Waals surface area contributed by atoms with Crippen molar-refractivity contribution in [1.82, 2.24) is 10.9 Å². The van der Waals surface area contributed by atoms with Crippen LogP contribution in [0.2, 0.25) is 10.0 Å². The number of carbonyl (C=O) groups is 2. The van der Waals surface area contributed by atoms with Gasteiger partial charge in [0.1, 0.15) is 12.4 Å². The zero-order valence-electron chi connectivity index (χ0n) is 15.1. The maximum Gasteiger partial charge on any atom is 0.426 e. The van der Waals surface area contributed by atoms with Crippen molar-refractivity contribution >= 4 is 35.2 Å². The molecule has 0 aromatic heterocycles. The molecule has 0 radical (unpaired) electrons. The fraction of sp³-hybridized carbons (Fsp3) is 0.263. The molecular weight excluding hydrogens is 391 g/mol. The van der Waals surface area contributed by atoms with Gasteiger partial charge in [-0.1, -0.05) is 52.5 Å². The highest BCUT2D eigenvalue weighted by Gasteiger charge is 2.17. The van der Waals surface area contributed by atoms with Crippen molar-refractivity contribution in [3.8, 4) is 5.75 Å². The van der Waals surface area contributed by atoms with Crippen LogP contribution in [0, 0.1) is 13.8 Å². The van der Waals surface area contributed by atoms with E-state index in [9.17, 15) is 9.59 Å². The first-order valence-corrected chi connectivity index (χ1v) is 8.91. The summed E-state index contributed by atoms with van der Waals surface area (Å²) in [5.74, 6) is -0.259. The van der Waals surface area contributed by atoms with Gasteiger partial charge in [-0.15, -0.1) is 0 Å². The summed E-state index contributed by atoms with van der Waals surface area (Å²) < 4.78 is 10.5. The number of rotatable bonds is 5. The van der Waals surface area contributed by atoms with E-state index < -0.39 is 18.1 Å². The third-order valence-corrected chi connectivity index (χ3v) is 4.04. The molecule has 144 valence electrons. The number of amides is 2. The van der Waals surface area contributed by atoms with Gasteiger partial charge in [0.15, 0.2) is 6.10 Å². The number of hydrazine groups is 1. The smallest absolute Gasteiger partial charge is 0.426 e. The number of ether oxygens (including phenoxy) is 2. The van der Waals surface area contributed by atoms with E-state index in [4.69, 9.17) is 32.7 Å². The molecule has 0 aliphatic heterocycles. The Morgan fingerprint density at radius 1 is 1.04 bits per heavy atom. The first-order valence-electron chi connectivity index (χ1n) is 8.16. The second-order valence-electron chi connectivity index (χ2n) is 6.02. The topological polar surface area (TPSA) is 76.7 Å². The van der Waals surface area contributed by atoms with Crippen LogP contribution >= 0.6 is 23.2 Å². The Morgan fingerprint density at radius 2 is 1.70 bits per heavy atom. The molecule has 2 N–H and O–H groups in total. The monoisotopic (exact) mass is 410 g/mol. The molecule has 0 saturated heterocycles. The van der Waals surface area contributed by atoms with E-state index in [1.165, 1.54) is 13.0 Å². The molecule has 2 aromatic rings. The minimum Gasteiger partial charge on any atom is -0.479 e. The first kappa shape index (κ1) is 20.9. The maximum absolute atomic E-state index is 12.0. The highest BCUT2D eigenvalue weighted by atomic mass is 35.5. The molecule has 0 spiro atoms. The van der Waals surface area contributed by atoms with E-state index in [2.05, 4.69) is 10.9 Å². The fourth-order valence-corrected chi connectivity index (χ4v) is 2.82. The van der Waals surface area contributed by atoms with Gasteiger partial charge >= 0.3 is 6.09 Å². The van der Waals surface area contributed by atoms with E-state index in [0.717, 1.165) is 16.7 Å². The van der Waals surface area contributed by atoms with Gasteiger partial charge in [-0.25, -0.2) is 10.2 Å². The van der Waals surface area contributed by atoms with Crippen molar-refractivity contribution in [2.24, 2.45) is 0 Å². The molecule has 27 heavy (non-hydrogen) atoms. The van der Waals surface area contributed by atoms with Crippen LogP contribution in [0.3, 0.4) is 0 Å². The zero-order valence-corrected chi connectivity index (χ0v) is 16.6. The third-order valence-electron chi connectivity index (χ3n) is 3.51. The van der Waals surface area contributed by atoms with Gasteiger partial charge in [-0.3, -0.25) is 10.2 Å². The Hall–Kier alpha value is -2.44. The summed E-state index contributed by atoms with van der Waals surface area (Å²) in [6.45, 7) is 5.54. The van der Waals surface area contributed by atoms with E-state index in [1.807, 2.05) is 32.0 Å². The Labute approximate surface area is 167 Å². The number of halogens is 2. The average molecular weight is 411 g/mol. The number of hydrogen-bond acceptors (Lipinski definition) is 4. The molecule has 8 heteroatoms. The quantitative estimate of drug-likeness (QED) is 0.718. The summed E-state index contributed by atoms with van der Waals surface area (Å²) in [5, 5.41) is 0.737. The van der Waals surface area contributed by atoms with E-state index >= 15 is 0 Å². The highest BCUT2D eigenvalue weighted by molar-refractivity contribution is 6.35. The number of hydrogen-bond donors (Lipinski definition) is 2. The largest absolute Gasteiger partial charge is 0.479 e. The standard InChI is InChI=1S/C19H20Cl2N2O4/c1-11-6-12(2)8-14(7-11)10-26-19(25)23-22-18(24)13(3)27-17-5-4-15(20)9-16(17)21/h4-9,13H,10H2,1-3H3,(H,22,24)(H,23,25)/t13-/m1/s1. The molecule has 0 aliphatic carbocycles. The molecule has 6 nitrogen and oxygen atoms in total.